The Hall–Kier alpha value is -2.03. The summed E-state index contributed by atoms with van der Waals surface area (Å²) in [7, 11) is 0. The largest absolute Gasteiger partial charge is 0.353 e. The van der Waals surface area contributed by atoms with Gasteiger partial charge in [-0.25, -0.2) is 4.99 Å². The van der Waals surface area contributed by atoms with E-state index in [0.29, 0.717) is 31.1 Å². The quantitative estimate of drug-likeness (QED) is 0.678. The lowest BCUT2D eigenvalue weighted by Crippen LogP contribution is -2.30. The van der Waals surface area contributed by atoms with E-state index in [1.54, 1.807) is 4.68 Å². The zero-order valence-electron chi connectivity index (χ0n) is 18.3. The number of amides is 1. The summed E-state index contributed by atoms with van der Waals surface area (Å²) < 4.78 is 14.3. The van der Waals surface area contributed by atoms with Crippen LogP contribution in [0.15, 0.2) is 33.7 Å². The van der Waals surface area contributed by atoms with E-state index < -0.39 is 0 Å². The predicted octanol–water partition coefficient (Wildman–Crippen LogP) is 4.35. The van der Waals surface area contributed by atoms with Gasteiger partial charge in [-0.1, -0.05) is 48.8 Å². The van der Waals surface area contributed by atoms with E-state index in [2.05, 4.69) is 42.0 Å². The molecule has 0 aliphatic carbocycles. The van der Waals surface area contributed by atoms with Crippen molar-refractivity contribution < 1.29 is 14.3 Å². The van der Waals surface area contributed by atoms with Gasteiger partial charge in [0, 0.05) is 16.5 Å². The average molecular weight is 489 g/mol. The van der Waals surface area contributed by atoms with Gasteiger partial charge in [-0.05, 0) is 37.0 Å². The van der Waals surface area contributed by atoms with Crippen LogP contribution in [0, 0.1) is 0 Å². The van der Waals surface area contributed by atoms with Gasteiger partial charge in [0.05, 0.1) is 31.1 Å². The minimum atomic E-state index is -0.262. The molecule has 8 heteroatoms. The summed E-state index contributed by atoms with van der Waals surface area (Å²) in [6, 6.07) is 7.95. The van der Waals surface area contributed by atoms with Crippen LogP contribution in [0.2, 0.25) is 0 Å². The number of aromatic nitrogens is 2. The fourth-order valence-electron chi connectivity index (χ4n) is 3.79. The summed E-state index contributed by atoms with van der Waals surface area (Å²) in [5, 5.41) is 7.80. The molecule has 2 aliphatic heterocycles. The molecule has 7 nitrogen and oxygen atoms in total. The number of aliphatic imine (C=N–C) groups is 1. The van der Waals surface area contributed by atoms with Gasteiger partial charge in [0.25, 0.3) is 5.91 Å². The third-order valence-electron chi connectivity index (χ3n) is 5.44. The molecule has 0 spiro atoms. The third-order valence-corrected chi connectivity index (χ3v) is 5.97. The van der Waals surface area contributed by atoms with Crippen LogP contribution in [-0.2, 0) is 21.4 Å². The van der Waals surface area contributed by atoms with Gasteiger partial charge in [0.1, 0.15) is 5.69 Å². The number of nitrogens with one attached hydrogen (secondary N) is 1. The third kappa shape index (κ3) is 5.07. The van der Waals surface area contributed by atoms with Crippen molar-refractivity contribution in [2.24, 2.45) is 4.99 Å². The van der Waals surface area contributed by atoms with Crippen molar-refractivity contribution in [1.82, 2.24) is 15.1 Å². The molecular formula is C23H29BrN4O3. The van der Waals surface area contributed by atoms with Gasteiger partial charge >= 0.3 is 0 Å². The van der Waals surface area contributed by atoms with Crippen molar-refractivity contribution in [2.45, 2.75) is 58.3 Å². The second-order valence-corrected chi connectivity index (χ2v) is 9.85. The highest BCUT2D eigenvalue weighted by atomic mass is 79.9. The summed E-state index contributed by atoms with van der Waals surface area (Å²) in [6.45, 7) is 8.27. The molecule has 1 saturated heterocycles. The van der Waals surface area contributed by atoms with E-state index in [1.807, 2.05) is 24.3 Å². The smallest absolute Gasteiger partial charge is 0.272 e. The number of nitrogens with zero attached hydrogens (tertiary/aromatic N) is 3. The Kier molecular flexibility index (Phi) is 6.60. The first-order valence-corrected chi connectivity index (χ1v) is 11.6. The van der Waals surface area contributed by atoms with Crippen LogP contribution < -0.4 is 5.32 Å². The summed E-state index contributed by atoms with van der Waals surface area (Å²) in [6.07, 6.45) is 2.94. The minimum absolute atomic E-state index is 0.164. The zero-order valence-corrected chi connectivity index (χ0v) is 19.9. The molecule has 2 aromatic rings. The number of fused-ring (bicyclic) bond motifs is 1. The topological polar surface area (TPSA) is 77.7 Å². The first-order valence-electron chi connectivity index (χ1n) is 10.8. The molecular weight excluding hydrogens is 460 g/mol. The van der Waals surface area contributed by atoms with E-state index in [4.69, 9.17) is 19.6 Å². The van der Waals surface area contributed by atoms with Crippen LogP contribution in [0.3, 0.4) is 0 Å². The summed E-state index contributed by atoms with van der Waals surface area (Å²) in [5.74, 6) is -0.164. The first-order chi connectivity index (χ1) is 14.8. The standard InChI is InChI=1S/C23H29BrN4O3/c1-23(2,3)21-19-20(28(27-21)11-13-31-18-6-4-5-12-30-18)22(29)25-14-17(26-19)15-7-9-16(24)10-8-15/h7-10,18H,4-6,11-14H2,1-3H3,(H,25,29)/t18-/m1/s1. The highest BCUT2D eigenvalue weighted by Crippen LogP contribution is 2.35. The van der Waals surface area contributed by atoms with E-state index in [9.17, 15) is 4.79 Å². The Morgan fingerprint density at radius 1 is 1.26 bits per heavy atom. The van der Waals surface area contributed by atoms with E-state index in [-0.39, 0.29) is 17.6 Å². The molecule has 0 bridgehead atoms. The van der Waals surface area contributed by atoms with E-state index >= 15 is 0 Å². The van der Waals surface area contributed by atoms with Crippen LogP contribution in [0.5, 0.6) is 0 Å². The van der Waals surface area contributed by atoms with Crippen molar-refractivity contribution in [3.05, 3.63) is 45.7 Å². The summed E-state index contributed by atoms with van der Waals surface area (Å²) in [5.41, 5.74) is 3.47. The average Bonchev–Trinajstić information content (AvgIpc) is 3.02. The Bertz CT molecular complexity index is 970. The molecule has 166 valence electrons. The highest BCUT2D eigenvalue weighted by molar-refractivity contribution is 9.10. The van der Waals surface area contributed by atoms with Gasteiger partial charge in [0.15, 0.2) is 12.0 Å². The molecule has 0 saturated carbocycles. The number of hydrogen-bond donors (Lipinski definition) is 1. The Labute approximate surface area is 191 Å². The second kappa shape index (κ2) is 9.22. The van der Waals surface area contributed by atoms with Gasteiger partial charge in [-0.2, -0.15) is 5.10 Å². The van der Waals surface area contributed by atoms with E-state index in [0.717, 1.165) is 47.3 Å². The normalized spacial score (nSPS) is 19.4. The number of hydrogen-bond acceptors (Lipinski definition) is 5. The Morgan fingerprint density at radius 3 is 2.71 bits per heavy atom. The minimum Gasteiger partial charge on any atom is -0.353 e. The van der Waals surface area contributed by atoms with Crippen LogP contribution in [-0.4, -0.2) is 47.4 Å². The predicted molar refractivity (Wildman–Crippen MR) is 123 cm³/mol. The lowest BCUT2D eigenvalue weighted by atomic mass is 9.91. The van der Waals surface area contributed by atoms with Crippen LogP contribution >= 0.6 is 15.9 Å². The molecule has 1 N–H and O–H groups in total. The molecule has 0 radical (unpaired) electrons. The molecule has 1 aromatic heterocycles. The van der Waals surface area contributed by atoms with Crippen molar-refractivity contribution >= 4 is 33.2 Å². The van der Waals surface area contributed by atoms with Crippen LogP contribution in [0.4, 0.5) is 5.69 Å². The van der Waals surface area contributed by atoms with Crippen molar-refractivity contribution in [3.63, 3.8) is 0 Å². The molecule has 2 aliphatic rings. The first kappa shape index (κ1) is 22.2. The Morgan fingerprint density at radius 2 is 2.03 bits per heavy atom. The van der Waals surface area contributed by atoms with Crippen molar-refractivity contribution in [1.29, 1.82) is 0 Å². The van der Waals surface area contributed by atoms with Crippen molar-refractivity contribution in [2.75, 3.05) is 19.8 Å². The van der Waals surface area contributed by atoms with E-state index in [1.165, 1.54) is 0 Å². The number of carbonyl (C=O) groups excluding carboxylic acids is 1. The number of ether oxygens (including phenoxy) is 2. The molecule has 1 aromatic carbocycles. The van der Waals surface area contributed by atoms with Gasteiger partial charge in [-0.15, -0.1) is 0 Å². The maximum absolute atomic E-state index is 13.0. The maximum atomic E-state index is 13.0. The molecule has 1 amide bonds. The van der Waals surface area contributed by atoms with Crippen LogP contribution in [0.1, 0.15) is 61.8 Å². The van der Waals surface area contributed by atoms with Gasteiger partial charge in [0.2, 0.25) is 0 Å². The fraction of sp³-hybridized carbons (Fsp3) is 0.522. The number of halogens is 1. The summed E-state index contributed by atoms with van der Waals surface area (Å²) >= 11 is 3.47. The second-order valence-electron chi connectivity index (χ2n) is 8.93. The number of carbonyl (C=O) groups is 1. The summed E-state index contributed by atoms with van der Waals surface area (Å²) in [4.78, 5) is 18.0. The zero-order chi connectivity index (χ0) is 22.0. The lowest BCUT2D eigenvalue weighted by molar-refractivity contribution is -0.163. The molecule has 0 unspecified atom stereocenters. The molecule has 1 atom stereocenters. The lowest BCUT2D eigenvalue weighted by Gasteiger charge is -2.22. The highest BCUT2D eigenvalue weighted by Gasteiger charge is 2.32. The SMILES string of the molecule is CC(C)(C)c1nn(CCO[C@@H]2CCCCO2)c2c1N=C(c1ccc(Br)cc1)CNC2=O. The molecule has 1 fully saturated rings. The van der Waals surface area contributed by atoms with Gasteiger partial charge < -0.3 is 14.8 Å². The maximum Gasteiger partial charge on any atom is 0.272 e. The number of benzene rings is 1. The number of rotatable bonds is 5. The van der Waals surface area contributed by atoms with Crippen molar-refractivity contribution in [3.8, 4) is 0 Å². The molecule has 3 heterocycles. The van der Waals surface area contributed by atoms with Crippen LogP contribution in [0.25, 0.3) is 0 Å². The van der Waals surface area contributed by atoms with Gasteiger partial charge in [-0.3, -0.25) is 9.48 Å². The fourth-order valence-corrected chi connectivity index (χ4v) is 4.06. The Balaban J connectivity index is 1.66. The monoisotopic (exact) mass is 488 g/mol. The molecule has 4 rings (SSSR count). The molecule has 31 heavy (non-hydrogen) atoms.